The van der Waals surface area contributed by atoms with Gasteiger partial charge in [-0.1, -0.05) is 50.3 Å². The highest BCUT2D eigenvalue weighted by Gasteiger charge is 2.23. The topological polar surface area (TPSA) is 99.3 Å². The van der Waals surface area contributed by atoms with Gasteiger partial charge in [-0.15, -0.1) is 6.58 Å². The highest BCUT2D eigenvalue weighted by atomic mass is 16.2. The van der Waals surface area contributed by atoms with Gasteiger partial charge >= 0.3 is 6.03 Å². The Morgan fingerprint density at radius 1 is 0.933 bits per heavy atom. The Balaban J connectivity index is 2.06. The molecule has 2 aromatic rings. The van der Waals surface area contributed by atoms with Crippen molar-refractivity contribution in [3.63, 3.8) is 0 Å². The molecule has 4 amide bonds. The molecular formula is C23H28N4O3. The summed E-state index contributed by atoms with van der Waals surface area (Å²) in [6.07, 6.45) is 1.92. The Bertz CT molecular complexity index is 864. The standard InChI is InChI=1S/C23H28N4O3/c1-4-14-24-23(30)26-19-12-10-18(11-13-19)25-22(29)21(17-8-6-5-7-9-17)27-20(28)15-16(2)3/h4-13,16,21H,1,14-15H2,2-3H3,(H,25,29)(H,27,28)(H2,24,26,30). The normalized spacial score (nSPS) is 11.3. The summed E-state index contributed by atoms with van der Waals surface area (Å²) in [6.45, 7) is 7.80. The molecule has 0 spiro atoms. The van der Waals surface area contributed by atoms with E-state index >= 15 is 0 Å². The van der Waals surface area contributed by atoms with E-state index in [1.165, 1.54) is 0 Å². The number of hydrogen-bond donors (Lipinski definition) is 4. The van der Waals surface area contributed by atoms with Gasteiger partial charge in [-0.05, 0) is 35.7 Å². The molecule has 30 heavy (non-hydrogen) atoms. The number of anilines is 2. The van der Waals surface area contributed by atoms with Gasteiger partial charge in [0.25, 0.3) is 5.91 Å². The van der Waals surface area contributed by atoms with Crippen LogP contribution in [0.1, 0.15) is 31.9 Å². The van der Waals surface area contributed by atoms with Crippen LogP contribution in [0.15, 0.2) is 67.3 Å². The van der Waals surface area contributed by atoms with E-state index < -0.39 is 6.04 Å². The van der Waals surface area contributed by atoms with E-state index in [0.29, 0.717) is 29.9 Å². The van der Waals surface area contributed by atoms with Gasteiger partial charge in [0, 0.05) is 24.3 Å². The Morgan fingerprint density at radius 2 is 1.53 bits per heavy atom. The minimum atomic E-state index is -0.806. The molecule has 7 heteroatoms. The third-order valence-corrected chi connectivity index (χ3v) is 4.11. The van der Waals surface area contributed by atoms with Crippen LogP contribution in [0.2, 0.25) is 0 Å². The summed E-state index contributed by atoms with van der Waals surface area (Å²) in [6, 6.07) is 14.7. The molecule has 0 aliphatic heterocycles. The number of benzene rings is 2. The Kier molecular flexibility index (Phi) is 8.62. The molecule has 0 fully saturated rings. The van der Waals surface area contributed by atoms with Gasteiger partial charge in [-0.2, -0.15) is 0 Å². The lowest BCUT2D eigenvalue weighted by Gasteiger charge is -2.19. The molecule has 1 unspecified atom stereocenters. The fraction of sp³-hybridized carbons (Fsp3) is 0.261. The van der Waals surface area contributed by atoms with E-state index in [9.17, 15) is 14.4 Å². The molecule has 0 heterocycles. The maximum absolute atomic E-state index is 12.9. The van der Waals surface area contributed by atoms with E-state index in [1.807, 2.05) is 32.0 Å². The average molecular weight is 409 g/mol. The second-order valence-corrected chi connectivity index (χ2v) is 7.20. The number of urea groups is 1. The fourth-order valence-corrected chi connectivity index (χ4v) is 2.73. The lowest BCUT2D eigenvalue weighted by atomic mass is 10.0. The van der Waals surface area contributed by atoms with Crippen molar-refractivity contribution in [1.82, 2.24) is 10.6 Å². The van der Waals surface area contributed by atoms with Crippen LogP contribution in [0, 0.1) is 5.92 Å². The van der Waals surface area contributed by atoms with Gasteiger partial charge in [-0.3, -0.25) is 9.59 Å². The van der Waals surface area contributed by atoms with Crippen molar-refractivity contribution in [2.45, 2.75) is 26.3 Å². The van der Waals surface area contributed by atoms with Crippen LogP contribution in [0.3, 0.4) is 0 Å². The van der Waals surface area contributed by atoms with Crippen molar-refractivity contribution >= 4 is 29.2 Å². The van der Waals surface area contributed by atoms with Crippen LogP contribution in [0.5, 0.6) is 0 Å². The molecule has 7 nitrogen and oxygen atoms in total. The van der Waals surface area contributed by atoms with Crippen molar-refractivity contribution in [3.8, 4) is 0 Å². The minimum absolute atomic E-state index is 0.181. The third-order valence-electron chi connectivity index (χ3n) is 4.11. The summed E-state index contributed by atoms with van der Waals surface area (Å²) in [4.78, 5) is 36.9. The summed E-state index contributed by atoms with van der Waals surface area (Å²) in [5.41, 5.74) is 1.83. The molecule has 0 saturated carbocycles. The van der Waals surface area contributed by atoms with Crippen LogP contribution in [0.4, 0.5) is 16.2 Å². The summed E-state index contributed by atoms with van der Waals surface area (Å²) >= 11 is 0. The van der Waals surface area contributed by atoms with Gasteiger partial charge < -0.3 is 21.3 Å². The summed E-state index contributed by atoms with van der Waals surface area (Å²) in [7, 11) is 0. The average Bonchev–Trinajstić information content (AvgIpc) is 2.72. The molecule has 4 N–H and O–H groups in total. The SMILES string of the molecule is C=CCNC(=O)Nc1ccc(NC(=O)C(NC(=O)CC(C)C)c2ccccc2)cc1. The van der Waals surface area contributed by atoms with E-state index in [1.54, 1.807) is 42.5 Å². The Morgan fingerprint density at radius 3 is 2.10 bits per heavy atom. The number of amides is 4. The monoisotopic (exact) mass is 408 g/mol. The predicted octanol–water partition coefficient (Wildman–Crippen LogP) is 3.84. The number of carbonyl (C=O) groups excluding carboxylic acids is 3. The Labute approximate surface area is 176 Å². The van der Waals surface area contributed by atoms with Gasteiger partial charge in [0.2, 0.25) is 5.91 Å². The largest absolute Gasteiger partial charge is 0.341 e. The van der Waals surface area contributed by atoms with E-state index in [2.05, 4.69) is 27.8 Å². The van der Waals surface area contributed by atoms with Crippen LogP contribution >= 0.6 is 0 Å². The highest BCUT2D eigenvalue weighted by molar-refractivity contribution is 5.98. The van der Waals surface area contributed by atoms with E-state index in [0.717, 1.165) is 0 Å². The van der Waals surface area contributed by atoms with Crippen molar-refractivity contribution in [2.24, 2.45) is 5.92 Å². The zero-order valence-electron chi connectivity index (χ0n) is 17.3. The van der Waals surface area contributed by atoms with Crippen LogP contribution in [-0.2, 0) is 9.59 Å². The molecule has 2 rings (SSSR count). The molecule has 158 valence electrons. The number of carbonyl (C=O) groups is 3. The third kappa shape index (κ3) is 7.43. The van der Waals surface area contributed by atoms with Crippen molar-refractivity contribution in [3.05, 3.63) is 72.8 Å². The first-order valence-electron chi connectivity index (χ1n) is 9.80. The maximum atomic E-state index is 12.9. The van der Waals surface area contributed by atoms with Crippen LogP contribution < -0.4 is 21.3 Å². The second-order valence-electron chi connectivity index (χ2n) is 7.20. The lowest BCUT2D eigenvalue weighted by molar-refractivity contribution is -0.127. The van der Waals surface area contributed by atoms with Crippen LogP contribution in [0.25, 0.3) is 0 Å². The summed E-state index contributed by atoms with van der Waals surface area (Å²) in [5, 5.41) is 10.9. The molecule has 1 atom stereocenters. The van der Waals surface area contributed by atoms with Gasteiger partial charge in [0.05, 0.1) is 0 Å². The molecule has 0 aliphatic carbocycles. The number of hydrogen-bond acceptors (Lipinski definition) is 3. The first kappa shape index (κ1) is 22.7. The Hall–Kier alpha value is -3.61. The zero-order chi connectivity index (χ0) is 21.9. The molecule has 0 bridgehead atoms. The minimum Gasteiger partial charge on any atom is -0.341 e. The van der Waals surface area contributed by atoms with E-state index in [-0.39, 0.29) is 23.8 Å². The molecule has 0 aliphatic rings. The first-order valence-corrected chi connectivity index (χ1v) is 9.80. The molecule has 0 saturated heterocycles. The van der Waals surface area contributed by atoms with E-state index in [4.69, 9.17) is 0 Å². The summed E-state index contributed by atoms with van der Waals surface area (Å²) < 4.78 is 0. The quantitative estimate of drug-likeness (QED) is 0.475. The van der Waals surface area contributed by atoms with Crippen LogP contribution in [-0.4, -0.2) is 24.4 Å². The van der Waals surface area contributed by atoms with Crippen molar-refractivity contribution in [2.75, 3.05) is 17.2 Å². The van der Waals surface area contributed by atoms with Crippen molar-refractivity contribution < 1.29 is 14.4 Å². The zero-order valence-corrected chi connectivity index (χ0v) is 17.3. The first-order chi connectivity index (χ1) is 14.4. The molecular weight excluding hydrogens is 380 g/mol. The van der Waals surface area contributed by atoms with Gasteiger partial charge in [-0.25, -0.2) is 4.79 Å². The number of nitrogens with one attached hydrogen (secondary N) is 4. The predicted molar refractivity (Wildman–Crippen MR) is 119 cm³/mol. The maximum Gasteiger partial charge on any atom is 0.319 e. The number of rotatable bonds is 9. The molecule has 0 aromatic heterocycles. The molecule has 2 aromatic carbocycles. The van der Waals surface area contributed by atoms with Crippen molar-refractivity contribution in [1.29, 1.82) is 0 Å². The lowest BCUT2D eigenvalue weighted by Crippen LogP contribution is -2.37. The summed E-state index contributed by atoms with van der Waals surface area (Å²) in [5.74, 6) is -0.338. The fourth-order valence-electron chi connectivity index (χ4n) is 2.73. The smallest absolute Gasteiger partial charge is 0.319 e. The second kappa shape index (κ2) is 11.4. The van der Waals surface area contributed by atoms with Gasteiger partial charge in [0.15, 0.2) is 0 Å². The van der Waals surface area contributed by atoms with Gasteiger partial charge in [0.1, 0.15) is 6.04 Å². The highest BCUT2D eigenvalue weighted by Crippen LogP contribution is 2.18. The molecule has 0 radical (unpaired) electrons.